The maximum absolute atomic E-state index is 12.3. The van der Waals surface area contributed by atoms with Gasteiger partial charge in [0.1, 0.15) is 5.84 Å². The Balaban J connectivity index is 1.63. The number of carbonyl (C=O) groups is 2. The maximum Gasteiger partial charge on any atom is 0.418 e. The maximum atomic E-state index is 12.3. The van der Waals surface area contributed by atoms with Crippen molar-refractivity contribution < 1.29 is 26.8 Å². The van der Waals surface area contributed by atoms with E-state index < -0.39 is 28.5 Å². The summed E-state index contributed by atoms with van der Waals surface area (Å²) in [6.07, 6.45) is 2.43. The number of amidine groups is 1. The molecular weight excluding hydrogens is 342 g/mol. The average molecular weight is 361 g/mol. The third-order valence-corrected chi connectivity index (χ3v) is 4.91. The number of carbonyl (C=O) groups excluding carboxylic acids is 2. The zero-order chi connectivity index (χ0) is 17.5. The molecule has 0 spiro atoms. The van der Waals surface area contributed by atoms with E-state index in [0.29, 0.717) is 31.0 Å². The normalized spacial score (nSPS) is 30.0. The highest BCUT2D eigenvalue weighted by Gasteiger charge is 2.48. The van der Waals surface area contributed by atoms with Crippen LogP contribution in [0, 0.1) is 5.41 Å². The molecule has 0 radical (unpaired) electrons. The average Bonchev–Trinajstić information content (AvgIpc) is 3.05. The SMILES string of the molecule is N=C(N[C@@H]1CCN(C=O)C1)[C@@H]1CC[C@@H]2CN1C(=O)N2OS(=O)(=O)O. The Morgan fingerprint density at radius 3 is 2.71 bits per heavy atom. The first-order valence-corrected chi connectivity index (χ1v) is 8.96. The predicted octanol–water partition coefficient (Wildman–Crippen LogP) is -1.21. The van der Waals surface area contributed by atoms with Crippen molar-refractivity contribution in [3.63, 3.8) is 0 Å². The number of nitrogens with zero attached hydrogens (tertiary/aromatic N) is 3. The molecule has 0 unspecified atom stereocenters. The lowest BCUT2D eigenvalue weighted by Crippen LogP contribution is -2.52. The fourth-order valence-electron chi connectivity index (χ4n) is 3.45. The fraction of sp³-hybridized carbons (Fsp3) is 0.750. The molecule has 3 rings (SSSR count). The Morgan fingerprint density at radius 2 is 2.08 bits per heavy atom. The van der Waals surface area contributed by atoms with E-state index in [-0.39, 0.29) is 18.4 Å². The Hall–Kier alpha value is -1.92. The first-order valence-electron chi connectivity index (χ1n) is 7.59. The van der Waals surface area contributed by atoms with Gasteiger partial charge in [-0.2, -0.15) is 13.5 Å². The van der Waals surface area contributed by atoms with Gasteiger partial charge in [0.15, 0.2) is 0 Å². The summed E-state index contributed by atoms with van der Waals surface area (Å²) in [5, 5.41) is 11.9. The number of urea groups is 1. The minimum atomic E-state index is -4.77. The van der Waals surface area contributed by atoms with E-state index >= 15 is 0 Å². The van der Waals surface area contributed by atoms with Crippen molar-refractivity contribution in [2.24, 2.45) is 0 Å². The summed E-state index contributed by atoms with van der Waals surface area (Å²) < 4.78 is 34.8. The van der Waals surface area contributed by atoms with Gasteiger partial charge in [0.05, 0.1) is 12.1 Å². The van der Waals surface area contributed by atoms with Gasteiger partial charge in [-0.15, -0.1) is 4.28 Å². The van der Waals surface area contributed by atoms with E-state index in [9.17, 15) is 18.0 Å². The first kappa shape index (κ1) is 16.9. The van der Waals surface area contributed by atoms with Crippen molar-refractivity contribution in [2.75, 3.05) is 19.6 Å². The van der Waals surface area contributed by atoms with Crippen LogP contribution < -0.4 is 5.32 Å². The van der Waals surface area contributed by atoms with E-state index in [1.165, 1.54) is 4.90 Å². The molecule has 3 heterocycles. The van der Waals surface area contributed by atoms with Crippen molar-refractivity contribution in [2.45, 2.75) is 37.4 Å². The Bertz CT molecular complexity index is 654. The van der Waals surface area contributed by atoms with E-state index in [4.69, 9.17) is 9.96 Å². The van der Waals surface area contributed by atoms with Crippen LogP contribution >= 0.6 is 0 Å². The molecule has 12 heteroatoms. The number of hydroxylamine groups is 2. The van der Waals surface area contributed by atoms with Crippen LogP contribution in [0.2, 0.25) is 0 Å². The lowest BCUT2D eigenvalue weighted by Gasteiger charge is -2.32. The Morgan fingerprint density at radius 1 is 1.33 bits per heavy atom. The highest BCUT2D eigenvalue weighted by Crippen LogP contribution is 2.30. The number of hydrogen-bond donors (Lipinski definition) is 3. The first-order chi connectivity index (χ1) is 11.3. The van der Waals surface area contributed by atoms with E-state index in [1.54, 1.807) is 4.90 Å². The zero-order valence-electron chi connectivity index (χ0n) is 12.8. The molecule has 2 bridgehead atoms. The standard InChI is InChI=1S/C12H19N5O6S/c13-11(14-8-3-4-15(5-8)7-18)10-2-1-9-6-16(10)12(19)17(9)23-24(20,21)22/h7-10H,1-6H2,(H2,13,14)(H,20,21,22)/t8-,9-,10+/m1/s1. The van der Waals surface area contributed by atoms with Crippen molar-refractivity contribution >= 4 is 28.7 Å². The third kappa shape index (κ3) is 3.30. The topological polar surface area (TPSA) is 143 Å². The van der Waals surface area contributed by atoms with Gasteiger partial charge in [0.2, 0.25) is 6.41 Å². The summed E-state index contributed by atoms with van der Waals surface area (Å²) in [5.74, 6) is 0.160. The Labute approximate surface area is 138 Å². The van der Waals surface area contributed by atoms with Crippen LogP contribution in [0.4, 0.5) is 4.79 Å². The molecule has 0 aromatic rings. The van der Waals surface area contributed by atoms with Crippen LogP contribution in [-0.2, 0) is 19.5 Å². The molecule has 3 fully saturated rings. The summed E-state index contributed by atoms with van der Waals surface area (Å²) in [7, 11) is -4.77. The lowest BCUT2D eigenvalue weighted by atomic mass is 9.99. The molecular formula is C12H19N5O6S. The number of piperidine rings is 1. The highest BCUT2D eigenvalue weighted by molar-refractivity contribution is 7.80. The van der Waals surface area contributed by atoms with E-state index in [2.05, 4.69) is 9.60 Å². The molecule has 3 aliphatic rings. The van der Waals surface area contributed by atoms with Crippen LogP contribution in [0.15, 0.2) is 0 Å². The molecule has 3 amide bonds. The smallest absolute Gasteiger partial charge is 0.368 e. The second kappa shape index (κ2) is 6.18. The monoisotopic (exact) mass is 361 g/mol. The van der Waals surface area contributed by atoms with Gasteiger partial charge in [0, 0.05) is 25.7 Å². The van der Waals surface area contributed by atoms with Gasteiger partial charge >= 0.3 is 16.4 Å². The minimum Gasteiger partial charge on any atom is -0.368 e. The summed E-state index contributed by atoms with van der Waals surface area (Å²) >= 11 is 0. The number of likely N-dealkylation sites (tertiary alicyclic amines) is 1. The number of fused-ring (bicyclic) bond motifs is 2. The number of hydrogen-bond acceptors (Lipinski definition) is 6. The molecule has 134 valence electrons. The van der Waals surface area contributed by atoms with Gasteiger partial charge in [-0.1, -0.05) is 0 Å². The molecule has 3 N–H and O–H groups in total. The highest BCUT2D eigenvalue weighted by atomic mass is 32.3. The van der Waals surface area contributed by atoms with Gasteiger partial charge in [-0.05, 0) is 19.3 Å². The van der Waals surface area contributed by atoms with Crippen LogP contribution in [0.3, 0.4) is 0 Å². The van der Waals surface area contributed by atoms with E-state index in [0.717, 1.165) is 12.8 Å². The molecule has 0 aromatic carbocycles. The quantitative estimate of drug-likeness (QED) is 0.241. The Kier molecular flexibility index (Phi) is 4.36. The third-order valence-electron chi connectivity index (χ3n) is 4.56. The molecule has 0 aliphatic carbocycles. The van der Waals surface area contributed by atoms with Crippen LogP contribution in [0.25, 0.3) is 0 Å². The summed E-state index contributed by atoms with van der Waals surface area (Å²) in [6.45, 7) is 1.36. The largest absolute Gasteiger partial charge is 0.418 e. The second-order valence-corrected chi connectivity index (χ2v) is 7.16. The molecule has 3 saturated heterocycles. The zero-order valence-corrected chi connectivity index (χ0v) is 13.6. The van der Waals surface area contributed by atoms with Crippen molar-refractivity contribution in [3.05, 3.63) is 0 Å². The van der Waals surface area contributed by atoms with Gasteiger partial charge < -0.3 is 15.1 Å². The number of amides is 3. The minimum absolute atomic E-state index is 0.0386. The van der Waals surface area contributed by atoms with E-state index in [1.807, 2.05) is 0 Å². The van der Waals surface area contributed by atoms with Gasteiger partial charge in [0.25, 0.3) is 0 Å². The molecule has 3 atom stereocenters. The second-order valence-electron chi connectivity index (χ2n) is 6.15. The molecule has 11 nitrogen and oxygen atoms in total. The van der Waals surface area contributed by atoms with Crippen molar-refractivity contribution in [1.29, 1.82) is 5.41 Å². The van der Waals surface area contributed by atoms with Crippen molar-refractivity contribution in [3.8, 4) is 0 Å². The number of rotatable bonds is 5. The predicted molar refractivity (Wildman–Crippen MR) is 80.3 cm³/mol. The number of nitrogens with one attached hydrogen (secondary N) is 2. The molecule has 3 aliphatic heterocycles. The fourth-order valence-corrected chi connectivity index (χ4v) is 3.84. The van der Waals surface area contributed by atoms with Crippen molar-refractivity contribution in [1.82, 2.24) is 20.2 Å². The van der Waals surface area contributed by atoms with Crippen LogP contribution in [0.5, 0.6) is 0 Å². The molecule has 0 saturated carbocycles. The van der Waals surface area contributed by atoms with Gasteiger partial charge in [-0.3, -0.25) is 14.8 Å². The summed E-state index contributed by atoms with van der Waals surface area (Å²) in [4.78, 5) is 26.0. The summed E-state index contributed by atoms with van der Waals surface area (Å²) in [6, 6.07) is -1.70. The lowest BCUT2D eigenvalue weighted by molar-refractivity contribution is -0.117. The van der Waals surface area contributed by atoms with Crippen LogP contribution in [0.1, 0.15) is 19.3 Å². The molecule has 24 heavy (non-hydrogen) atoms. The van der Waals surface area contributed by atoms with Crippen LogP contribution in [-0.4, -0.2) is 83.9 Å². The molecule has 0 aromatic heterocycles. The van der Waals surface area contributed by atoms with Gasteiger partial charge in [-0.25, -0.2) is 4.79 Å². The summed E-state index contributed by atoms with van der Waals surface area (Å²) in [5.41, 5.74) is 0.